The van der Waals surface area contributed by atoms with Gasteiger partial charge in [0.1, 0.15) is 4.90 Å². The van der Waals surface area contributed by atoms with Crippen LogP contribution in [0.4, 0.5) is 0 Å². The van der Waals surface area contributed by atoms with E-state index >= 15 is 0 Å². The molecule has 0 aromatic heterocycles. The lowest BCUT2D eigenvalue weighted by Gasteiger charge is -2.09. The van der Waals surface area contributed by atoms with Gasteiger partial charge in [-0.25, -0.2) is 8.42 Å². The zero-order valence-electron chi connectivity index (χ0n) is 10.3. The number of carbonyl (C=O) groups excluding carboxylic acids is 1. The van der Waals surface area contributed by atoms with Crippen molar-refractivity contribution in [2.45, 2.75) is 24.2 Å². The lowest BCUT2D eigenvalue weighted by atomic mass is 10.2. The molecule has 0 unspecified atom stereocenters. The van der Waals surface area contributed by atoms with Crippen molar-refractivity contribution >= 4 is 53.2 Å². The number of hydrogen-bond donors (Lipinski definition) is 1. The van der Waals surface area contributed by atoms with Crippen LogP contribution >= 0.6 is 38.2 Å². The molecule has 2 rings (SSSR count). The smallest absolute Gasteiger partial charge is 0.262 e. The molecule has 1 aromatic rings. The molecule has 1 fully saturated rings. The van der Waals surface area contributed by atoms with Crippen molar-refractivity contribution in [3.8, 4) is 0 Å². The molecule has 1 aliphatic carbocycles. The van der Waals surface area contributed by atoms with Gasteiger partial charge in [0.15, 0.2) is 0 Å². The van der Waals surface area contributed by atoms with E-state index in [-0.39, 0.29) is 15.5 Å². The van der Waals surface area contributed by atoms with E-state index in [0.29, 0.717) is 16.9 Å². The minimum absolute atomic E-state index is 0.0936. The van der Waals surface area contributed by atoms with E-state index in [4.69, 9.17) is 22.3 Å². The first kappa shape index (κ1) is 16.1. The van der Waals surface area contributed by atoms with E-state index < -0.39 is 15.0 Å². The van der Waals surface area contributed by atoms with Crippen molar-refractivity contribution in [2.75, 3.05) is 6.54 Å². The minimum atomic E-state index is -4.01. The molecule has 20 heavy (non-hydrogen) atoms. The van der Waals surface area contributed by atoms with Crippen molar-refractivity contribution in [3.63, 3.8) is 0 Å². The molecule has 1 aromatic carbocycles. The van der Waals surface area contributed by atoms with Crippen LogP contribution in [-0.2, 0) is 9.05 Å². The number of amides is 1. The lowest BCUT2D eigenvalue weighted by molar-refractivity contribution is 0.0952. The number of nitrogens with one attached hydrogen (secondary N) is 1. The van der Waals surface area contributed by atoms with Crippen molar-refractivity contribution in [2.24, 2.45) is 5.92 Å². The van der Waals surface area contributed by atoms with Crippen molar-refractivity contribution in [3.05, 3.63) is 27.2 Å². The summed E-state index contributed by atoms with van der Waals surface area (Å²) in [5.74, 6) is 0.297. The predicted octanol–water partition coefficient (Wildman–Crippen LogP) is 3.56. The Kier molecular flexibility index (Phi) is 5.00. The van der Waals surface area contributed by atoms with Crippen LogP contribution in [0.15, 0.2) is 21.5 Å². The summed E-state index contributed by atoms with van der Waals surface area (Å²) in [5.41, 5.74) is 0.0936. The van der Waals surface area contributed by atoms with Crippen LogP contribution in [0.1, 0.15) is 29.6 Å². The van der Waals surface area contributed by atoms with Crippen LogP contribution in [0.2, 0.25) is 5.02 Å². The molecule has 1 amide bonds. The number of rotatable bonds is 5. The fraction of sp³-hybridized carbons (Fsp3) is 0.417. The van der Waals surface area contributed by atoms with Gasteiger partial charge in [-0.1, -0.05) is 40.4 Å². The van der Waals surface area contributed by atoms with Gasteiger partial charge in [0.25, 0.3) is 15.0 Å². The summed E-state index contributed by atoms with van der Waals surface area (Å²) >= 11 is 9.12. The third kappa shape index (κ3) is 4.10. The average Bonchev–Trinajstić information content (AvgIpc) is 3.14. The average molecular weight is 401 g/mol. The fourth-order valence-corrected chi connectivity index (χ4v) is 3.98. The fourth-order valence-electron chi connectivity index (χ4n) is 1.80. The molecule has 0 bridgehead atoms. The summed E-state index contributed by atoms with van der Waals surface area (Å²) in [6.45, 7) is 0.551. The number of hydrogen-bond acceptors (Lipinski definition) is 3. The molecule has 1 saturated carbocycles. The Morgan fingerprint density at radius 2 is 2.05 bits per heavy atom. The van der Waals surface area contributed by atoms with Gasteiger partial charge in [-0.2, -0.15) is 0 Å². The molecule has 0 heterocycles. The lowest BCUT2D eigenvalue weighted by Crippen LogP contribution is -2.25. The Bertz CT molecular complexity index is 644. The monoisotopic (exact) mass is 399 g/mol. The SMILES string of the molecule is O=C(NCCC1CC1)c1cc(Br)cc(S(=O)(=O)Cl)c1Cl. The van der Waals surface area contributed by atoms with E-state index in [1.165, 1.54) is 25.0 Å². The molecule has 4 nitrogen and oxygen atoms in total. The Morgan fingerprint density at radius 3 is 2.60 bits per heavy atom. The molecular weight excluding hydrogens is 389 g/mol. The van der Waals surface area contributed by atoms with Crippen LogP contribution in [-0.4, -0.2) is 20.9 Å². The topological polar surface area (TPSA) is 63.2 Å². The summed E-state index contributed by atoms with van der Waals surface area (Å²) in [5, 5.41) is 2.57. The van der Waals surface area contributed by atoms with Crippen LogP contribution < -0.4 is 5.32 Å². The normalized spacial score (nSPS) is 15.2. The first-order valence-corrected chi connectivity index (χ1v) is 9.49. The maximum atomic E-state index is 12.0. The quantitative estimate of drug-likeness (QED) is 0.768. The van der Waals surface area contributed by atoms with E-state index in [1.54, 1.807) is 0 Å². The summed E-state index contributed by atoms with van der Waals surface area (Å²) in [7, 11) is 1.30. The second-order valence-corrected chi connectivity index (χ2v) is 8.52. The number of halogens is 3. The zero-order chi connectivity index (χ0) is 14.9. The van der Waals surface area contributed by atoms with Gasteiger partial charge in [0, 0.05) is 21.7 Å². The number of benzene rings is 1. The Morgan fingerprint density at radius 1 is 1.40 bits per heavy atom. The highest BCUT2D eigenvalue weighted by Gasteiger charge is 2.23. The molecule has 0 radical (unpaired) electrons. The van der Waals surface area contributed by atoms with Gasteiger partial charge in [0.2, 0.25) is 0 Å². The Hall–Kier alpha value is -0.300. The Labute approximate surface area is 135 Å². The first-order valence-electron chi connectivity index (χ1n) is 6.01. The second-order valence-electron chi connectivity index (χ2n) is 4.69. The maximum Gasteiger partial charge on any atom is 0.262 e. The molecule has 1 aliphatic rings. The molecule has 0 saturated heterocycles. The molecule has 110 valence electrons. The summed E-state index contributed by atoms with van der Waals surface area (Å²) in [6, 6.07) is 2.74. The van der Waals surface area contributed by atoms with Crippen LogP contribution in [0.5, 0.6) is 0 Å². The first-order chi connectivity index (χ1) is 9.29. The van der Waals surface area contributed by atoms with Gasteiger partial charge >= 0.3 is 0 Å². The third-order valence-corrected chi connectivity index (χ3v) is 5.37. The molecule has 0 atom stereocenters. The van der Waals surface area contributed by atoms with E-state index in [1.807, 2.05) is 0 Å². The molecule has 1 N–H and O–H groups in total. The summed E-state index contributed by atoms with van der Waals surface area (Å²) in [6.07, 6.45) is 3.35. The van der Waals surface area contributed by atoms with E-state index in [2.05, 4.69) is 21.2 Å². The van der Waals surface area contributed by atoms with E-state index in [9.17, 15) is 13.2 Å². The maximum absolute atomic E-state index is 12.0. The van der Waals surface area contributed by atoms with Gasteiger partial charge in [0.05, 0.1) is 10.6 Å². The predicted molar refractivity (Wildman–Crippen MR) is 81.9 cm³/mol. The third-order valence-electron chi connectivity index (χ3n) is 3.05. The highest BCUT2D eigenvalue weighted by molar-refractivity contribution is 9.10. The van der Waals surface area contributed by atoms with Crippen molar-refractivity contribution in [1.82, 2.24) is 5.32 Å². The minimum Gasteiger partial charge on any atom is -0.352 e. The summed E-state index contributed by atoms with van der Waals surface area (Å²) in [4.78, 5) is 11.8. The van der Waals surface area contributed by atoms with Crippen molar-refractivity contribution < 1.29 is 13.2 Å². The molecule has 8 heteroatoms. The largest absolute Gasteiger partial charge is 0.352 e. The standard InChI is InChI=1S/C12H12BrCl2NO3S/c13-8-5-9(11(14)10(6-8)20(15,18)19)12(17)16-4-3-7-1-2-7/h5-7H,1-4H2,(H,16,17). The van der Waals surface area contributed by atoms with Gasteiger partial charge in [-0.15, -0.1) is 0 Å². The zero-order valence-corrected chi connectivity index (χ0v) is 14.2. The van der Waals surface area contributed by atoms with Crippen molar-refractivity contribution in [1.29, 1.82) is 0 Å². The van der Waals surface area contributed by atoms with Gasteiger partial charge in [-0.05, 0) is 24.5 Å². The molecule has 0 aliphatic heterocycles. The molecule has 0 spiro atoms. The van der Waals surface area contributed by atoms with Crippen LogP contribution in [0, 0.1) is 5.92 Å². The van der Waals surface area contributed by atoms with Crippen LogP contribution in [0.3, 0.4) is 0 Å². The van der Waals surface area contributed by atoms with E-state index in [0.717, 1.165) is 6.42 Å². The van der Waals surface area contributed by atoms with Crippen LogP contribution in [0.25, 0.3) is 0 Å². The second kappa shape index (κ2) is 6.22. The summed E-state index contributed by atoms with van der Waals surface area (Å²) < 4.78 is 23.3. The Balaban J connectivity index is 2.21. The van der Waals surface area contributed by atoms with Gasteiger partial charge < -0.3 is 5.32 Å². The molecular formula is C12H12BrCl2NO3S. The van der Waals surface area contributed by atoms with Gasteiger partial charge in [-0.3, -0.25) is 4.79 Å². The highest BCUT2D eigenvalue weighted by atomic mass is 79.9. The number of carbonyl (C=O) groups is 1. The highest BCUT2D eigenvalue weighted by Crippen LogP contribution is 2.33.